The van der Waals surface area contributed by atoms with Crippen LogP contribution in [0.1, 0.15) is 13.8 Å². The molecule has 0 aromatic heterocycles. The molecule has 1 fully saturated rings. The van der Waals surface area contributed by atoms with Crippen molar-refractivity contribution < 1.29 is 14.4 Å². The minimum atomic E-state index is -0.734. The Morgan fingerprint density at radius 3 is 2.23 bits per heavy atom. The number of urea groups is 1. The van der Waals surface area contributed by atoms with Gasteiger partial charge in [0.1, 0.15) is 5.92 Å². The van der Waals surface area contributed by atoms with Crippen LogP contribution in [0.3, 0.4) is 0 Å². The number of imide groups is 2. The van der Waals surface area contributed by atoms with Crippen molar-refractivity contribution in [2.45, 2.75) is 13.8 Å². The number of hydrogen-bond donors (Lipinski definition) is 0. The number of nitrogens with zero attached hydrogens (tertiary/aromatic N) is 2. The van der Waals surface area contributed by atoms with Crippen LogP contribution in [-0.2, 0) is 9.59 Å². The minimum absolute atomic E-state index is 0.305. The number of carbonyl (C=O) groups excluding carboxylic acids is 3. The molecule has 0 aromatic rings. The molecule has 1 aliphatic heterocycles. The maximum atomic E-state index is 11.4. The van der Waals surface area contributed by atoms with Gasteiger partial charge in [0.25, 0.3) is 0 Å². The molecule has 1 rings (SSSR count). The van der Waals surface area contributed by atoms with Gasteiger partial charge in [0.05, 0.1) is 0 Å². The first-order valence-electron chi connectivity index (χ1n) is 4.13. The van der Waals surface area contributed by atoms with E-state index < -0.39 is 23.8 Å². The van der Waals surface area contributed by atoms with Crippen LogP contribution in [0.4, 0.5) is 4.79 Å². The number of barbiturate groups is 1. The Morgan fingerprint density at radius 2 is 1.77 bits per heavy atom. The second-order valence-corrected chi connectivity index (χ2v) is 2.98. The number of hydrogen-bond acceptors (Lipinski definition) is 3. The van der Waals surface area contributed by atoms with Gasteiger partial charge in [0.15, 0.2) is 0 Å². The van der Waals surface area contributed by atoms with E-state index in [0.29, 0.717) is 6.54 Å². The van der Waals surface area contributed by atoms with Crippen LogP contribution in [0, 0.1) is 5.92 Å². The van der Waals surface area contributed by atoms with E-state index in [9.17, 15) is 14.4 Å². The highest BCUT2D eigenvalue weighted by Crippen LogP contribution is 2.15. The van der Waals surface area contributed by atoms with Gasteiger partial charge in [-0.2, -0.15) is 0 Å². The lowest BCUT2D eigenvalue weighted by Gasteiger charge is -2.32. The van der Waals surface area contributed by atoms with Gasteiger partial charge in [-0.15, -0.1) is 0 Å². The highest BCUT2D eigenvalue weighted by Gasteiger charge is 2.40. The average Bonchev–Trinajstić information content (AvgIpc) is 2.13. The molecule has 0 saturated carbocycles. The zero-order valence-electron chi connectivity index (χ0n) is 7.90. The molecule has 0 spiro atoms. The van der Waals surface area contributed by atoms with E-state index in [1.54, 1.807) is 6.92 Å². The van der Waals surface area contributed by atoms with E-state index in [1.807, 2.05) is 0 Å². The van der Waals surface area contributed by atoms with Crippen molar-refractivity contribution in [1.82, 2.24) is 9.80 Å². The second-order valence-electron chi connectivity index (χ2n) is 2.98. The van der Waals surface area contributed by atoms with Crippen molar-refractivity contribution in [3.05, 3.63) is 0 Å². The molecule has 5 nitrogen and oxygen atoms in total. The smallest absolute Gasteiger partial charge is 0.273 e. The summed E-state index contributed by atoms with van der Waals surface area (Å²) in [4.78, 5) is 36.0. The van der Waals surface area contributed by atoms with E-state index in [2.05, 4.69) is 0 Å². The summed E-state index contributed by atoms with van der Waals surface area (Å²) in [6, 6.07) is -0.532. The lowest BCUT2D eigenvalue weighted by molar-refractivity contribution is -0.147. The van der Waals surface area contributed by atoms with Crippen LogP contribution in [0.2, 0.25) is 0 Å². The molecule has 1 aliphatic rings. The van der Waals surface area contributed by atoms with Crippen LogP contribution in [-0.4, -0.2) is 41.2 Å². The first-order chi connectivity index (χ1) is 6.00. The molecule has 0 unspecified atom stereocenters. The van der Waals surface area contributed by atoms with E-state index in [-0.39, 0.29) is 0 Å². The minimum Gasteiger partial charge on any atom is -0.273 e. The molecule has 1 saturated heterocycles. The Balaban J connectivity index is 2.99. The van der Waals surface area contributed by atoms with Gasteiger partial charge < -0.3 is 0 Å². The van der Waals surface area contributed by atoms with Crippen molar-refractivity contribution in [3.63, 3.8) is 0 Å². The molecule has 0 aromatic carbocycles. The third kappa shape index (κ3) is 1.30. The van der Waals surface area contributed by atoms with E-state index in [0.717, 1.165) is 9.80 Å². The molecule has 1 atom stereocenters. The zero-order chi connectivity index (χ0) is 10.2. The molecule has 0 N–H and O–H groups in total. The molecule has 1 heterocycles. The largest absolute Gasteiger partial charge is 0.333 e. The highest BCUT2D eigenvalue weighted by molar-refractivity contribution is 6.15. The van der Waals surface area contributed by atoms with Crippen LogP contribution in [0.15, 0.2) is 0 Å². The van der Waals surface area contributed by atoms with Crippen LogP contribution >= 0.6 is 0 Å². The molecular weight excluding hydrogens is 172 g/mol. The Kier molecular flexibility index (Phi) is 2.36. The van der Waals surface area contributed by atoms with Crippen LogP contribution < -0.4 is 0 Å². The summed E-state index contributed by atoms with van der Waals surface area (Å²) in [5, 5.41) is 0. The molecular formula is C8H12N2O3. The first-order valence-corrected chi connectivity index (χ1v) is 4.13. The van der Waals surface area contributed by atoms with E-state index >= 15 is 0 Å². The summed E-state index contributed by atoms with van der Waals surface area (Å²) in [5.41, 5.74) is 0. The first kappa shape index (κ1) is 9.70. The summed E-state index contributed by atoms with van der Waals surface area (Å²) in [5.74, 6) is -1.57. The summed E-state index contributed by atoms with van der Waals surface area (Å²) in [6.07, 6.45) is 0. The summed E-state index contributed by atoms with van der Waals surface area (Å²) < 4.78 is 0. The van der Waals surface area contributed by atoms with Crippen molar-refractivity contribution in [1.29, 1.82) is 0 Å². The maximum Gasteiger partial charge on any atom is 0.333 e. The highest BCUT2D eigenvalue weighted by atomic mass is 16.2. The average molecular weight is 184 g/mol. The van der Waals surface area contributed by atoms with Crippen LogP contribution in [0.5, 0.6) is 0 Å². The normalized spacial score (nSPS) is 24.2. The maximum absolute atomic E-state index is 11.4. The van der Waals surface area contributed by atoms with Crippen molar-refractivity contribution in [2.24, 2.45) is 5.92 Å². The SMILES string of the molecule is CCN1C(=O)[C@@H](C)C(=O)N(C)C1=O. The molecule has 0 radical (unpaired) electrons. The van der Waals surface area contributed by atoms with Gasteiger partial charge in [0, 0.05) is 13.6 Å². The second kappa shape index (κ2) is 3.16. The summed E-state index contributed by atoms with van der Waals surface area (Å²) in [6.45, 7) is 3.52. The van der Waals surface area contributed by atoms with Crippen molar-refractivity contribution in [3.8, 4) is 0 Å². The van der Waals surface area contributed by atoms with Gasteiger partial charge in [-0.05, 0) is 13.8 Å². The monoisotopic (exact) mass is 184 g/mol. The van der Waals surface area contributed by atoms with Gasteiger partial charge in [-0.3, -0.25) is 19.4 Å². The topological polar surface area (TPSA) is 57.7 Å². The van der Waals surface area contributed by atoms with Gasteiger partial charge >= 0.3 is 6.03 Å². The number of rotatable bonds is 1. The van der Waals surface area contributed by atoms with Crippen molar-refractivity contribution in [2.75, 3.05) is 13.6 Å². The Bertz CT molecular complexity index is 251. The third-order valence-electron chi connectivity index (χ3n) is 2.17. The Morgan fingerprint density at radius 1 is 1.23 bits per heavy atom. The molecule has 5 heteroatoms. The Hall–Kier alpha value is -1.39. The zero-order valence-corrected chi connectivity index (χ0v) is 7.90. The third-order valence-corrected chi connectivity index (χ3v) is 2.17. The van der Waals surface area contributed by atoms with Gasteiger partial charge in [-0.25, -0.2) is 4.79 Å². The fourth-order valence-electron chi connectivity index (χ4n) is 1.29. The van der Waals surface area contributed by atoms with E-state index in [1.165, 1.54) is 14.0 Å². The summed E-state index contributed by atoms with van der Waals surface area (Å²) >= 11 is 0. The number of amides is 4. The predicted octanol–water partition coefficient (Wildman–Crippen LogP) is 0.0630. The molecule has 0 aliphatic carbocycles. The quantitative estimate of drug-likeness (QED) is 0.541. The van der Waals surface area contributed by atoms with Crippen molar-refractivity contribution >= 4 is 17.8 Å². The number of carbonyl (C=O) groups is 3. The predicted molar refractivity (Wildman–Crippen MR) is 44.7 cm³/mol. The fraction of sp³-hybridized carbons (Fsp3) is 0.625. The summed E-state index contributed by atoms with van der Waals surface area (Å²) in [7, 11) is 1.39. The molecule has 72 valence electrons. The molecule has 4 amide bonds. The van der Waals surface area contributed by atoms with E-state index in [4.69, 9.17) is 0 Å². The lowest BCUT2D eigenvalue weighted by atomic mass is 10.1. The van der Waals surface area contributed by atoms with Gasteiger partial charge in [-0.1, -0.05) is 0 Å². The van der Waals surface area contributed by atoms with Crippen LogP contribution in [0.25, 0.3) is 0 Å². The van der Waals surface area contributed by atoms with Gasteiger partial charge in [0.2, 0.25) is 11.8 Å². The standard InChI is InChI=1S/C8H12N2O3/c1-4-10-7(12)5(2)6(11)9(3)8(10)13/h5H,4H2,1-3H3/t5-/m0/s1. The lowest BCUT2D eigenvalue weighted by Crippen LogP contribution is -2.57. The molecule has 13 heavy (non-hydrogen) atoms. The fourth-order valence-corrected chi connectivity index (χ4v) is 1.29. The Labute approximate surface area is 76.3 Å². The molecule has 0 bridgehead atoms.